The Morgan fingerprint density at radius 1 is 1.56 bits per heavy atom. The van der Waals surface area contributed by atoms with Crippen LogP contribution in [0.1, 0.15) is 37.6 Å². The smallest absolute Gasteiger partial charge is 0.251 e. The first-order chi connectivity index (χ1) is 7.44. The molecule has 0 bridgehead atoms. The summed E-state index contributed by atoms with van der Waals surface area (Å²) in [5, 5.41) is 2.78. The molecule has 4 heteroatoms. The van der Waals surface area contributed by atoms with Crippen molar-refractivity contribution in [1.82, 2.24) is 10.3 Å². The van der Waals surface area contributed by atoms with Crippen LogP contribution in [0.4, 0.5) is 4.39 Å². The maximum atomic E-state index is 12.8. The SMILES string of the molecule is CCC(C)(C)CNC(=O)c1ccnc(F)c1. The topological polar surface area (TPSA) is 42.0 Å². The van der Waals surface area contributed by atoms with Crippen LogP contribution in [0.2, 0.25) is 0 Å². The molecule has 0 fully saturated rings. The summed E-state index contributed by atoms with van der Waals surface area (Å²) in [4.78, 5) is 15.1. The van der Waals surface area contributed by atoms with Crippen LogP contribution in [-0.4, -0.2) is 17.4 Å². The molecule has 0 unspecified atom stereocenters. The summed E-state index contributed by atoms with van der Waals surface area (Å²) in [6, 6.07) is 2.63. The number of hydrogen-bond donors (Lipinski definition) is 1. The Labute approximate surface area is 95.1 Å². The third kappa shape index (κ3) is 3.61. The van der Waals surface area contributed by atoms with E-state index in [0.29, 0.717) is 12.1 Å². The normalized spacial score (nSPS) is 11.2. The van der Waals surface area contributed by atoms with Gasteiger partial charge >= 0.3 is 0 Å². The summed E-state index contributed by atoms with van der Waals surface area (Å²) in [7, 11) is 0. The fourth-order valence-corrected chi connectivity index (χ4v) is 1.09. The third-order valence-corrected chi connectivity index (χ3v) is 2.67. The second-order valence-electron chi connectivity index (χ2n) is 4.57. The standard InChI is InChI=1S/C12H17FN2O/c1-4-12(2,3)8-15-11(16)9-5-6-14-10(13)7-9/h5-7H,4,8H2,1-3H3,(H,15,16). The Morgan fingerprint density at radius 3 is 2.81 bits per heavy atom. The van der Waals surface area contributed by atoms with E-state index in [1.165, 1.54) is 12.3 Å². The predicted molar refractivity (Wildman–Crippen MR) is 60.6 cm³/mol. The quantitative estimate of drug-likeness (QED) is 0.798. The Bertz CT molecular complexity index is 377. The molecule has 16 heavy (non-hydrogen) atoms. The van der Waals surface area contributed by atoms with Gasteiger partial charge in [0.25, 0.3) is 5.91 Å². The Kier molecular flexibility index (Phi) is 3.99. The molecule has 0 aromatic carbocycles. The molecule has 1 aromatic rings. The van der Waals surface area contributed by atoms with Crippen LogP contribution < -0.4 is 5.32 Å². The molecule has 1 N–H and O–H groups in total. The largest absolute Gasteiger partial charge is 0.351 e. The van der Waals surface area contributed by atoms with E-state index in [2.05, 4.69) is 31.1 Å². The van der Waals surface area contributed by atoms with Crippen molar-refractivity contribution in [3.63, 3.8) is 0 Å². The van der Waals surface area contributed by atoms with Crippen molar-refractivity contribution in [2.75, 3.05) is 6.54 Å². The lowest BCUT2D eigenvalue weighted by atomic mass is 9.90. The van der Waals surface area contributed by atoms with Crippen molar-refractivity contribution in [1.29, 1.82) is 0 Å². The van der Waals surface area contributed by atoms with Gasteiger partial charge in [-0.05, 0) is 17.9 Å². The van der Waals surface area contributed by atoms with Crippen molar-refractivity contribution < 1.29 is 9.18 Å². The van der Waals surface area contributed by atoms with E-state index in [9.17, 15) is 9.18 Å². The second-order valence-corrected chi connectivity index (χ2v) is 4.57. The highest BCUT2D eigenvalue weighted by Gasteiger charge is 2.16. The molecule has 1 rings (SSSR count). The number of halogens is 1. The second kappa shape index (κ2) is 5.05. The number of hydrogen-bond acceptors (Lipinski definition) is 2. The predicted octanol–water partition coefficient (Wildman–Crippen LogP) is 2.39. The van der Waals surface area contributed by atoms with Crippen LogP contribution in [-0.2, 0) is 0 Å². The molecule has 1 amide bonds. The average molecular weight is 224 g/mol. The zero-order chi connectivity index (χ0) is 12.2. The summed E-state index contributed by atoms with van der Waals surface area (Å²) in [5.41, 5.74) is 0.362. The lowest BCUT2D eigenvalue weighted by molar-refractivity contribution is 0.0935. The summed E-state index contributed by atoms with van der Waals surface area (Å²) in [6.45, 7) is 6.78. The van der Waals surface area contributed by atoms with Crippen LogP contribution in [0.3, 0.4) is 0 Å². The summed E-state index contributed by atoms with van der Waals surface area (Å²) in [6.07, 6.45) is 2.26. The number of rotatable bonds is 4. The highest BCUT2D eigenvalue weighted by molar-refractivity contribution is 5.94. The fourth-order valence-electron chi connectivity index (χ4n) is 1.09. The number of carbonyl (C=O) groups excluding carboxylic acids is 1. The van der Waals surface area contributed by atoms with Gasteiger partial charge in [-0.3, -0.25) is 4.79 Å². The summed E-state index contributed by atoms with van der Waals surface area (Å²) in [5.74, 6) is -0.898. The molecular formula is C12H17FN2O. The highest BCUT2D eigenvalue weighted by Crippen LogP contribution is 2.17. The van der Waals surface area contributed by atoms with Gasteiger partial charge in [-0.25, -0.2) is 4.98 Å². The van der Waals surface area contributed by atoms with Crippen molar-refractivity contribution >= 4 is 5.91 Å². The minimum absolute atomic E-state index is 0.0568. The number of pyridine rings is 1. The van der Waals surface area contributed by atoms with Crippen LogP contribution >= 0.6 is 0 Å². The first-order valence-corrected chi connectivity index (χ1v) is 5.34. The van der Waals surface area contributed by atoms with Gasteiger partial charge in [-0.15, -0.1) is 0 Å². The Hall–Kier alpha value is -1.45. The third-order valence-electron chi connectivity index (χ3n) is 2.67. The lowest BCUT2D eigenvalue weighted by Crippen LogP contribution is -2.33. The van der Waals surface area contributed by atoms with Gasteiger partial charge in [0.05, 0.1) is 0 Å². The average Bonchev–Trinajstić information content (AvgIpc) is 2.26. The van der Waals surface area contributed by atoms with E-state index in [1.807, 2.05) is 0 Å². The van der Waals surface area contributed by atoms with Crippen LogP contribution in [0, 0.1) is 11.4 Å². The minimum Gasteiger partial charge on any atom is -0.351 e. The lowest BCUT2D eigenvalue weighted by Gasteiger charge is -2.22. The van der Waals surface area contributed by atoms with Crippen LogP contribution in [0.5, 0.6) is 0 Å². The first-order valence-electron chi connectivity index (χ1n) is 5.34. The van der Waals surface area contributed by atoms with E-state index >= 15 is 0 Å². The number of nitrogens with zero attached hydrogens (tertiary/aromatic N) is 1. The van der Waals surface area contributed by atoms with E-state index < -0.39 is 5.95 Å². The van der Waals surface area contributed by atoms with Gasteiger partial charge in [0.1, 0.15) is 0 Å². The van der Waals surface area contributed by atoms with Crippen molar-refractivity contribution in [2.45, 2.75) is 27.2 Å². The molecule has 1 heterocycles. The van der Waals surface area contributed by atoms with Crippen LogP contribution in [0.25, 0.3) is 0 Å². The number of amides is 1. The molecule has 0 aliphatic carbocycles. The zero-order valence-corrected chi connectivity index (χ0v) is 9.88. The summed E-state index contributed by atoms with van der Waals surface area (Å²) >= 11 is 0. The van der Waals surface area contributed by atoms with E-state index in [-0.39, 0.29) is 11.3 Å². The molecule has 0 radical (unpaired) electrons. The number of carbonyl (C=O) groups is 1. The molecule has 88 valence electrons. The number of aromatic nitrogens is 1. The molecule has 3 nitrogen and oxygen atoms in total. The molecule has 0 saturated heterocycles. The molecule has 0 atom stereocenters. The van der Waals surface area contributed by atoms with E-state index in [1.54, 1.807) is 0 Å². The fraction of sp³-hybridized carbons (Fsp3) is 0.500. The molecule has 0 saturated carbocycles. The minimum atomic E-state index is -0.637. The number of nitrogens with one attached hydrogen (secondary N) is 1. The van der Waals surface area contributed by atoms with Gasteiger partial charge in [-0.1, -0.05) is 20.8 Å². The maximum absolute atomic E-state index is 12.8. The van der Waals surface area contributed by atoms with Crippen molar-refractivity contribution in [2.24, 2.45) is 5.41 Å². The Morgan fingerprint density at radius 2 is 2.25 bits per heavy atom. The van der Waals surface area contributed by atoms with Crippen LogP contribution in [0.15, 0.2) is 18.3 Å². The molecular weight excluding hydrogens is 207 g/mol. The molecule has 0 aliphatic heterocycles. The van der Waals surface area contributed by atoms with Gasteiger partial charge in [0.2, 0.25) is 5.95 Å². The first kappa shape index (κ1) is 12.6. The van der Waals surface area contributed by atoms with E-state index in [4.69, 9.17) is 0 Å². The van der Waals surface area contributed by atoms with Gasteiger partial charge in [0, 0.05) is 24.4 Å². The van der Waals surface area contributed by atoms with E-state index in [0.717, 1.165) is 12.5 Å². The monoisotopic (exact) mass is 224 g/mol. The van der Waals surface area contributed by atoms with Gasteiger partial charge in [0.15, 0.2) is 0 Å². The maximum Gasteiger partial charge on any atom is 0.251 e. The molecule has 0 aliphatic rings. The molecule has 0 spiro atoms. The Balaban J connectivity index is 2.60. The molecule has 1 aromatic heterocycles. The zero-order valence-electron chi connectivity index (χ0n) is 9.88. The van der Waals surface area contributed by atoms with Crippen molar-refractivity contribution in [3.05, 3.63) is 29.8 Å². The highest BCUT2D eigenvalue weighted by atomic mass is 19.1. The van der Waals surface area contributed by atoms with Gasteiger partial charge < -0.3 is 5.32 Å². The summed E-state index contributed by atoms with van der Waals surface area (Å²) < 4.78 is 12.8. The van der Waals surface area contributed by atoms with Crippen molar-refractivity contribution in [3.8, 4) is 0 Å². The van der Waals surface area contributed by atoms with Gasteiger partial charge in [-0.2, -0.15) is 4.39 Å².